The van der Waals surface area contributed by atoms with Crippen LogP contribution in [0.1, 0.15) is 116 Å². The van der Waals surface area contributed by atoms with E-state index in [1.54, 1.807) is 12.4 Å². The predicted molar refractivity (Wildman–Crippen MR) is 171 cm³/mol. The van der Waals surface area contributed by atoms with Crippen LogP contribution in [0.4, 0.5) is 0 Å². The van der Waals surface area contributed by atoms with Crippen molar-refractivity contribution in [2.45, 2.75) is 118 Å². The van der Waals surface area contributed by atoms with E-state index in [1.807, 2.05) is 39.0 Å². The summed E-state index contributed by atoms with van der Waals surface area (Å²) in [7, 11) is 0. The van der Waals surface area contributed by atoms with Crippen LogP contribution in [0.3, 0.4) is 0 Å². The van der Waals surface area contributed by atoms with E-state index < -0.39 is 17.6 Å². The van der Waals surface area contributed by atoms with E-state index in [1.165, 1.54) is 12.5 Å². The van der Waals surface area contributed by atoms with Gasteiger partial charge in [-0.15, -0.1) is 0 Å². The summed E-state index contributed by atoms with van der Waals surface area (Å²) < 4.78 is 0. The van der Waals surface area contributed by atoms with E-state index in [-0.39, 0.29) is 44.5 Å². The number of nitrogens with zero attached hydrogens (tertiary/aromatic N) is 2. The maximum atomic E-state index is 11.0. The predicted octanol–water partition coefficient (Wildman–Crippen LogP) is 7.06. The third kappa shape index (κ3) is 11.9. The second-order valence-corrected chi connectivity index (χ2v) is 14.5. The van der Waals surface area contributed by atoms with Crippen LogP contribution in [0.5, 0.6) is 11.5 Å². The molecule has 1 radical (unpaired) electrons. The van der Waals surface area contributed by atoms with Gasteiger partial charge in [-0.1, -0.05) is 74.4 Å². The topological polar surface area (TPSA) is 123 Å². The van der Waals surface area contributed by atoms with Crippen LogP contribution in [0.25, 0.3) is 0 Å². The fraction of sp³-hybridized carbons (Fsp3) is 0.559. The second kappa shape index (κ2) is 14.7. The zero-order valence-electron chi connectivity index (χ0n) is 27.7. The number of hydrogen-bond acceptors (Lipinski definition) is 6. The van der Waals surface area contributed by atoms with Gasteiger partial charge in [0.05, 0.1) is 12.1 Å². The van der Waals surface area contributed by atoms with Gasteiger partial charge in [0.25, 0.3) is 0 Å². The minimum absolute atomic E-state index is 0. The average Bonchev–Trinajstić information content (AvgIpc) is 2.78. The molecule has 0 saturated carbocycles. The summed E-state index contributed by atoms with van der Waals surface area (Å²) in [6.07, 6.45) is 2.28. The first kappa shape index (κ1) is 39.3. The van der Waals surface area contributed by atoms with E-state index in [4.69, 9.17) is 15.2 Å². The molecule has 2 aromatic rings. The van der Waals surface area contributed by atoms with Gasteiger partial charge in [0.2, 0.25) is 0 Å². The number of carboxylic acid groups (broad SMARTS) is 1. The van der Waals surface area contributed by atoms with Crippen molar-refractivity contribution < 1.29 is 42.0 Å². The van der Waals surface area contributed by atoms with Crippen molar-refractivity contribution >= 4 is 18.4 Å². The fourth-order valence-corrected chi connectivity index (χ4v) is 3.89. The number of aryl methyl sites for hydroxylation is 1. The molecule has 0 bridgehead atoms. The number of aliphatic hydroxyl groups is 1. The van der Waals surface area contributed by atoms with Crippen LogP contribution < -0.4 is 0 Å². The zero-order valence-corrected chi connectivity index (χ0v) is 28.7. The number of rotatable bonds is 6. The maximum absolute atomic E-state index is 11.0. The molecule has 2 aromatic carbocycles. The normalized spacial score (nSPS) is 13.5. The molecule has 0 aliphatic carbocycles. The maximum Gasteiger partial charge on any atom is 0.332 e. The number of aliphatic hydroxyl groups excluding tert-OH is 1. The van der Waals surface area contributed by atoms with Gasteiger partial charge in [-0.05, 0) is 67.2 Å². The first-order valence-corrected chi connectivity index (χ1v) is 14.0. The van der Waals surface area contributed by atoms with Crippen LogP contribution in [-0.2, 0) is 37.8 Å². The molecule has 237 valence electrons. The molecule has 1 atom stereocenters. The van der Waals surface area contributed by atoms with Crippen molar-refractivity contribution in [3.8, 4) is 11.5 Å². The van der Waals surface area contributed by atoms with Crippen molar-refractivity contribution in [1.29, 1.82) is 0 Å². The van der Waals surface area contributed by atoms with Crippen molar-refractivity contribution in [2.75, 3.05) is 6.54 Å². The molecule has 0 aliphatic heterocycles. The first-order chi connectivity index (χ1) is 18.4. The summed E-state index contributed by atoms with van der Waals surface area (Å²) in [6.45, 7) is 26.9. The fourth-order valence-electron chi connectivity index (χ4n) is 3.89. The number of phenolic OH excluding ortho intramolecular Hbond substituents is 2. The van der Waals surface area contributed by atoms with Gasteiger partial charge in [-0.2, -0.15) is 0 Å². The minimum atomic E-state index is -1.23. The Labute approximate surface area is 263 Å². The van der Waals surface area contributed by atoms with E-state index in [0.717, 1.165) is 27.8 Å². The molecule has 2 rings (SSSR count). The average molecular weight is 628 g/mol. The number of hydrogen-bond donors (Lipinski definition) is 4. The number of aliphatic imine (C=N–C) groups is 2. The Morgan fingerprint density at radius 3 is 1.62 bits per heavy atom. The molecule has 1 unspecified atom stereocenters. The molecule has 4 N–H and O–H groups in total. The summed E-state index contributed by atoms with van der Waals surface area (Å²) in [5, 5.41) is 37.6. The number of aliphatic carboxylic acids is 1. The summed E-state index contributed by atoms with van der Waals surface area (Å²) >= 11 is 0. The molecule has 0 spiro atoms. The third-order valence-corrected chi connectivity index (χ3v) is 6.52. The summed E-state index contributed by atoms with van der Waals surface area (Å²) in [6, 6.07) is 8.13. The Kier molecular flexibility index (Phi) is 13.7. The quantitative estimate of drug-likeness (QED) is 0.255. The number of phenols is 2. The van der Waals surface area contributed by atoms with Gasteiger partial charge >= 0.3 is 5.97 Å². The molecular weight excluding hydrogens is 575 g/mol. The van der Waals surface area contributed by atoms with Crippen LogP contribution in [0.2, 0.25) is 0 Å². The molecule has 0 aliphatic rings. The molecule has 0 amide bonds. The molecular formula is C34H52CoN2O5. The summed E-state index contributed by atoms with van der Waals surface area (Å²) in [4.78, 5) is 18.9. The Balaban J connectivity index is 0.00000217. The Hall–Kier alpha value is -2.68. The summed E-state index contributed by atoms with van der Waals surface area (Å²) in [5.41, 5.74) is 4.69. The third-order valence-electron chi connectivity index (χ3n) is 6.52. The number of carboxylic acids is 1. The Morgan fingerprint density at radius 1 is 0.786 bits per heavy atom. The Bertz CT molecular complexity index is 1270. The monoisotopic (exact) mass is 627 g/mol. The van der Waals surface area contributed by atoms with E-state index in [0.29, 0.717) is 6.54 Å². The van der Waals surface area contributed by atoms with Gasteiger partial charge in [-0.3, -0.25) is 9.98 Å². The summed E-state index contributed by atoms with van der Waals surface area (Å²) in [5.74, 6) is -0.616. The van der Waals surface area contributed by atoms with Gasteiger partial charge in [-0.25, -0.2) is 4.79 Å². The molecule has 0 aromatic heterocycles. The largest absolute Gasteiger partial charge is 0.507 e. The first-order valence-electron chi connectivity index (χ1n) is 14.0. The van der Waals surface area contributed by atoms with Gasteiger partial charge in [0.15, 0.2) is 0 Å². The smallest absolute Gasteiger partial charge is 0.332 e. The molecule has 0 heterocycles. The Morgan fingerprint density at radius 2 is 1.21 bits per heavy atom. The number of aromatic hydroxyl groups is 2. The molecule has 42 heavy (non-hydrogen) atoms. The van der Waals surface area contributed by atoms with Gasteiger partial charge in [0.1, 0.15) is 17.6 Å². The zero-order chi connectivity index (χ0) is 32.1. The SMILES string of the molecule is CC(O)C(=O)O.Cc1cc(C=NCC(C)(C)N=Cc2cc(C(C)(C)C)cc(C(C)(C)C)c2O)c(O)c(C(C)(C)C)c1.[Co]. The van der Waals surface area contributed by atoms with Crippen molar-refractivity contribution in [2.24, 2.45) is 9.98 Å². The standard InChI is InChI=1S/C31H46N2O2.C3H6O3.Co/c1-20-13-21(26(34)24(14-20)29(5,6)7)17-32-19-31(11,12)33-18-22-15-23(28(2,3)4)16-25(27(22)35)30(8,9)10;1-2(4)3(5)6;/h13-18,34-35H,19H2,1-12H3;2,4H,1H3,(H,5,6);. The van der Waals surface area contributed by atoms with E-state index in [9.17, 15) is 15.0 Å². The second-order valence-electron chi connectivity index (χ2n) is 14.5. The number of benzene rings is 2. The van der Waals surface area contributed by atoms with Crippen molar-refractivity contribution in [3.05, 3.63) is 57.6 Å². The van der Waals surface area contributed by atoms with Crippen LogP contribution in [-0.4, -0.2) is 57.0 Å². The minimum Gasteiger partial charge on any atom is -0.507 e. The van der Waals surface area contributed by atoms with Crippen LogP contribution >= 0.6 is 0 Å². The van der Waals surface area contributed by atoms with Gasteiger partial charge < -0.3 is 20.4 Å². The van der Waals surface area contributed by atoms with Gasteiger partial charge in [0, 0.05) is 51.5 Å². The number of carbonyl (C=O) groups is 1. The van der Waals surface area contributed by atoms with E-state index >= 15 is 0 Å². The molecule has 7 nitrogen and oxygen atoms in total. The van der Waals surface area contributed by atoms with Crippen LogP contribution in [0, 0.1) is 6.92 Å². The van der Waals surface area contributed by atoms with E-state index in [2.05, 4.69) is 73.4 Å². The van der Waals surface area contributed by atoms with Crippen molar-refractivity contribution in [1.82, 2.24) is 0 Å². The van der Waals surface area contributed by atoms with Crippen molar-refractivity contribution in [3.63, 3.8) is 0 Å². The van der Waals surface area contributed by atoms with Crippen LogP contribution in [0.15, 0.2) is 34.3 Å². The molecule has 0 fully saturated rings. The molecule has 8 heteroatoms. The molecule has 0 saturated heterocycles.